The molecule has 4 rings (SSSR count). The largest absolute Gasteiger partial charge is 0.312 e. The molecule has 9 heteroatoms. The van der Waals surface area contributed by atoms with Crippen molar-refractivity contribution in [1.29, 1.82) is 0 Å². The van der Waals surface area contributed by atoms with Gasteiger partial charge in [-0.2, -0.15) is 0 Å². The smallest absolute Gasteiger partial charge is 0.164 e. The van der Waals surface area contributed by atoms with Crippen molar-refractivity contribution in [2.45, 2.75) is 17.8 Å². The SMILES string of the molecule is O=S1(=O)C[C@H]2N=C(SCc3cccc(F)c3)N(c3ccc(F)cc3F)[C@H]2C1. The second kappa shape index (κ2) is 6.87. The lowest BCUT2D eigenvalue weighted by Gasteiger charge is -2.26. The van der Waals surface area contributed by atoms with Crippen LogP contribution in [0.4, 0.5) is 18.9 Å². The zero-order valence-corrected chi connectivity index (χ0v) is 15.6. The van der Waals surface area contributed by atoms with Crippen LogP contribution < -0.4 is 4.90 Å². The maximum atomic E-state index is 14.4. The molecule has 2 aliphatic heterocycles. The van der Waals surface area contributed by atoms with E-state index in [0.29, 0.717) is 10.9 Å². The van der Waals surface area contributed by atoms with Crippen LogP contribution in [0.2, 0.25) is 0 Å². The number of fused-ring (bicyclic) bond motifs is 1. The van der Waals surface area contributed by atoms with Gasteiger partial charge in [-0.05, 0) is 29.8 Å². The van der Waals surface area contributed by atoms with Crippen LogP contribution in [0, 0.1) is 17.5 Å². The van der Waals surface area contributed by atoms with Crippen molar-refractivity contribution in [3.05, 3.63) is 65.5 Å². The highest BCUT2D eigenvalue weighted by atomic mass is 32.2. The first-order chi connectivity index (χ1) is 12.8. The predicted octanol–water partition coefficient (Wildman–Crippen LogP) is 3.38. The summed E-state index contributed by atoms with van der Waals surface area (Å²) in [5, 5.41) is 0.453. The van der Waals surface area contributed by atoms with E-state index in [1.807, 2.05) is 0 Å². The Balaban J connectivity index is 1.65. The Kier molecular flexibility index (Phi) is 4.67. The van der Waals surface area contributed by atoms with Crippen LogP contribution in [-0.4, -0.2) is 37.2 Å². The number of hydrogen-bond donors (Lipinski definition) is 0. The molecule has 2 aromatic rings. The van der Waals surface area contributed by atoms with Gasteiger partial charge >= 0.3 is 0 Å². The van der Waals surface area contributed by atoms with E-state index in [4.69, 9.17) is 0 Å². The molecule has 1 saturated heterocycles. The van der Waals surface area contributed by atoms with Gasteiger partial charge in [-0.1, -0.05) is 23.9 Å². The molecule has 1 fully saturated rings. The average molecular weight is 412 g/mol. The highest BCUT2D eigenvalue weighted by molar-refractivity contribution is 8.13. The van der Waals surface area contributed by atoms with Crippen molar-refractivity contribution in [2.75, 3.05) is 16.4 Å². The molecule has 2 atom stereocenters. The molecule has 2 aliphatic rings. The van der Waals surface area contributed by atoms with Gasteiger partial charge in [-0.15, -0.1) is 0 Å². The molecule has 27 heavy (non-hydrogen) atoms. The Hall–Kier alpha value is -2.00. The third-order valence-electron chi connectivity index (χ3n) is 4.53. The zero-order valence-electron chi connectivity index (χ0n) is 14.0. The zero-order chi connectivity index (χ0) is 19.2. The first-order valence-corrected chi connectivity index (χ1v) is 11.0. The minimum absolute atomic E-state index is 0.0893. The normalized spacial score (nSPS) is 23.4. The summed E-state index contributed by atoms with van der Waals surface area (Å²) in [6.45, 7) is 0. The molecule has 0 amide bonds. The van der Waals surface area contributed by atoms with Crippen LogP contribution in [0.1, 0.15) is 5.56 Å². The Morgan fingerprint density at radius 2 is 1.85 bits per heavy atom. The molecule has 0 N–H and O–H groups in total. The summed E-state index contributed by atoms with van der Waals surface area (Å²) in [5.41, 5.74) is 0.818. The minimum Gasteiger partial charge on any atom is -0.312 e. The van der Waals surface area contributed by atoms with Crippen molar-refractivity contribution >= 4 is 32.5 Å². The topological polar surface area (TPSA) is 49.7 Å². The fraction of sp³-hybridized carbons (Fsp3) is 0.278. The van der Waals surface area contributed by atoms with Gasteiger partial charge in [0.15, 0.2) is 15.0 Å². The third kappa shape index (κ3) is 3.70. The number of benzene rings is 2. The summed E-state index contributed by atoms with van der Waals surface area (Å²) in [6.07, 6.45) is 0. The molecule has 0 spiro atoms. The molecular formula is C18H15F3N2O2S2. The third-order valence-corrected chi connectivity index (χ3v) is 7.27. The summed E-state index contributed by atoms with van der Waals surface area (Å²) in [7, 11) is -3.27. The molecule has 0 bridgehead atoms. The van der Waals surface area contributed by atoms with Gasteiger partial charge in [0.05, 0.1) is 29.3 Å². The standard InChI is InChI=1S/C18H15F3N2O2S2/c19-12-3-1-2-11(6-12)8-26-18-22-15-9-27(24,25)10-17(15)23(18)16-5-4-13(20)7-14(16)21/h1-7,15,17H,8-10H2/t15-,17+/m1/s1. The number of thioether (sulfide) groups is 1. The van der Waals surface area contributed by atoms with Crippen LogP contribution in [0.25, 0.3) is 0 Å². The Morgan fingerprint density at radius 1 is 1.07 bits per heavy atom. The van der Waals surface area contributed by atoms with Crippen LogP contribution in [0.3, 0.4) is 0 Å². The van der Waals surface area contributed by atoms with Crippen molar-refractivity contribution in [1.82, 2.24) is 0 Å². The minimum atomic E-state index is -3.27. The number of anilines is 1. The Bertz CT molecular complexity index is 1030. The predicted molar refractivity (Wildman–Crippen MR) is 100 cm³/mol. The molecule has 2 aromatic carbocycles. The van der Waals surface area contributed by atoms with E-state index in [1.54, 1.807) is 12.1 Å². The van der Waals surface area contributed by atoms with E-state index in [-0.39, 0.29) is 23.0 Å². The van der Waals surface area contributed by atoms with E-state index in [9.17, 15) is 21.6 Å². The fourth-order valence-corrected chi connectivity index (χ4v) is 6.27. The molecule has 0 radical (unpaired) electrons. The lowest BCUT2D eigenvalue weighted by atomic mass is 10.1. The van der Waals surface area contributed by atoms with Gasteiger partial charge in [0.25, 0.3) is 0 Å². The molecule has 2 heterocycles. The van der Waals surface area contributed by atoms with Gasteiger partial charge in [-0.3, -0.25) is 4.99 Å². The highest BCUT2D eigenvalue weighted by Crippen LogP contribution is 2.37. The molecule has 0 saturated carbocycles. The molecule has 0 unspecified atom stereocenters. The van der Waals surface area contributed by atoms with Gasteiger partial charge in [0, 0.05) is 11.8 Å². The van der Waals surface area contributed by atoms with Gasteiger partial charge < -0.3 is 4.90 Å². The number of aliphatic imine (C=N–C) groups is 1. The van der Waals surface area contributed by atoms with Crippen LogP contribution >= 0.6 is 11.8 Å². The Morgan fingerprint density at radius 3 is 2.59 bits per heavy atom. The van der Waals surface area contributed by atoms with Crippen LogP contribution in [-0.2, 0) is 15.6 Å². The summed E-state index contributed by atoms with van der Waals surface area (Å²) < 4.78 is 65.0. The van der Waals surface area contributed by atoms with Crippen LogP contribution in [0.15, 0.2) is 47.5 Å². The molecule has 0 aliphatic carbocycles. The van der Waals surface area contributed by atoms with Gasteiger partial charge in [-0.25, -0.2) is 21.6 Å². The summed E-state index contributed by atoms with van der Waals surface area (Å²) in [5.74, 6) is -1.69. The second-order valence-corrected chi connectivity index (χ2v) is 9.60. The number of amidine groups is 1. The number of hydrogen-bond acceptors (Lipinski definition) is 5. The first-order valence-electron chi connectivity index (χ1n) is 8.22. The fourth-order valence-electron chi connectivity index (χ4n) is 3.37. The number of nitrogens with zero attached hydrogens (tertiary/aromatic N) is 2. The number of sulfone groups is 1. The summed E-state index contributed by atoms with van der Waals surface area (Å²) >= 11 is 1.27. The monoisotopic (exact) mass is 412 g/mol. The van der Waals surface area contributed by atoms with Crippen molar-refractivity contribution in [2.24, 2.45) is 4.99 Å². The second-order valence-electron chi connectivity index (χ2n) is 6.51. The molecular weight excluding hydrogens is 397 g/mol. The quantitative estimate of drug-likeness (QED) is 0.776. The maximum Gasteiger partial charge on any atom is 0.164 e. The van der Waals surface area contributed by atoms with E-state index in [1.165, 1.54) is 34.9 Å². The lowest BCUT2D eigenvalue weighted by molar-refractivity contribution is 0.577. The summed E-state index contributed by atoms with van der Waals surface area (Å²) in [4.78, 5) is 6.01. The molecule has 0 aromatic heterocycles. The number of halogens is 3. The lowest BCUT2D eigenvalue weighted by Crippen LogP contribution is -2.39. The molecule has 4 nitrogen and oxygen atoms in total. The van der Waals surface area contributed by atoms with E-state index in [0.717, 1.165) is 17.7 Å². The van der Waals surface area contributed by atoms with Gasteiger partial charge in [0.2, 0.25) is 0 Å². The van der Waals surface area contributed by atoms with Gasteiger partial charge in [0.1, 0.15) is 17.5 Å². The molecule has 142 valence electrons. The van der Waals surface area contributed by atoms with Crippen molar-refractivity contribution in [3.8, 4) is 0 Å². The van der Waals surface area contributed by atoms with Crippen LogP contribution in [0.5, 0.6) is 0 Å². The first kappa shape index (κ1) is 18.4. The Labute approximate surface area is 159 Å². The van der Waals surface area contributed by atoms with Crippen molar-refractivity contribution in [3.63, 3.8) is 0 Å². The maximum absolute atomic E-state index is 14.4. The van der Waals surface area contributed by atoms with E-state index < -0.39 is 33.6 Å². The van der Waals surface area contributed by atoms with Crippen molar-refractivity contribution < 1.29 is 21.6 Å². The van der Waals surface area contributed by atoms with E-state index >= 15 is 0 Å². The highest BCUT2D eigenvalue weighted by Gasteiger charge is 2.47. The number of rotatable bonds is 3. The average Bonchev–Trinajstić information content (AvgIpc) is 3.05. The summed E-state index contributed by atoms with van der Waals surface area (Å²) in [6, 6.07) is 8.27. The van der Waals surface area contributed by atoms with E-state index in [2.05, 4.69) is 4.99 Å².